The number of ketones is 1. The summed E-state index contributed by atoms with van der Waals surface area (Å²) in [4.78, 5) is 12.3. The van der Waals surface area contributed by atoms with Gasteiger partial charge in [0.1, 0.15) is 5.78 Å². The summed E-state index contributed by atoms with van der Waals surface area (Å²) < 4.78 is 0. The number of fused-ring (bicyclic) bond motifs is 2. The molecule has 0 aromatic carbocycles. The molecule has 88 valence electrons. The largest absolute Gasteiger partial charge is 0.299 e. The molecule has 4 fully saturated rings. The van der Waals surface area contributed by atoms with Gasteiger partial charge in [0.05, 0.1) is 0 Å². The van der Waals surface area contributed by atoms with E-state index in [0.717, 1.165) is 24.2 Å². The number of carbonyl (C=O) groups is 1. The topological polar surface area (TPSA) is 17.1 Å². The first kappa shape index (κ1) is 9.67. The van der Waals surface area contributed by atoms with Crippen LogP contribution in [0.2, 0.25) is 0 Å². The van der Waals surface area contributed by atoms with Gasteiger partial charge in [0.25, 0.3) is 0 Å². The second kappa shape index (κ2) is 3.11. The van der Waals surface area contributed by atoms with E-state index in [0.29, 0.717) is 17.1 Å². The predicted octanol–water partition coefficient (Wildman–Crippen LogP) is 3.57. The van der Waals surface area contributed by atoms with Crippen molar-refractivity contribution in [3.05, 3.63) is 0 Å². The Kier molecular flexibility index (Phi) is 1.88. The summed E-state index contributed by atoms with van der Waals surface area (Å²) in [6, 6.07) is 0. The quantitative estimate of drug-likeness (QED) is 0.607. The van der Waals surface area contributed by atoms with Gasteiger partial charge >= 0.3 is 0 Å². The summed E-state index contributed by atoms with van der Waals surface area (Å²) in [5, 5.41) is 0. The summed E-state index contributed by atoms with van der Waals surface area (Å²) >= 11 is 0. The third-order valence-corrected chi connectivity index (χ3v) is 6.46. The first-order chi connectivity index (χ1) is 7.81. The highest BCUT2D eigenvalue weighted by molar-refractivity contribution is 5.86. The average molecular weight is 218 g/mol. The highest BCUT2D eigenvalue weighted by atomic mass is 16.1. The SMILES string of the molecule is O=C1C[C@H]2CCC[C@]23C[C@@H]2CCCC[C@@H]2[C@H]13. The number of hydrogen-bond donors (Lipinski definition) is 0. The highest BCUT2D eigenvalue weighted by Gasteiger charge is 2.64. The fraction of sp³-hybridized carbons (Fsp3) is 0.933. The standard InChI is InChI=1S/C15H22O/c16-13-8-11-5-3-7-15(11)9-10-4-1-2-6-12(10)14(13)15/h10-12,14H,1-9H2/t10-,11+,12-,14+,15-/m0/s1. The Hall–Kier alpha value is -0.330. The van der Waals surface area contributed by atoms with Crippen LogP contribution in [0.15, 0.2) is 0 Å². The molecule has 0 aliphatic heterocycles. The Morgan fingerprint density at radius 3 is 2.88 bits per heavy atom. The van der Waals surface area contributed by atoms with Gasteiger partial charge in [-0.3, -0.25) is 4.79 Å². The Morgan fingerprint density at radius 2 is 1.94 bits per heavy atom. The van der Waals surface area contributed by atoms with Crippen molar-refractivity contribution in [2.24, 2.45) is 29.1 Å². The van der Waals surface area contributed by atoms with E-state index in [-0.39, 0.29) is 0 Å². The van der Waals surface area contributed by atoms with Gasteiger partial charge in [0.15, 0.2) is 0 Å². The Morgan fingerprint density at radius 1 is 1.06 bits per heavy atom. The molecule has 4 aliphatic rings. The van der Waals surface area contributed by atoms with Crippen LogP contribution < -0.4 is 0 Å². The Bertz CT molecular complexity index is 334. The Balaban J connectivity index is 1.75. The van der Waals surface area contributed by atoms with Crippen LogP contribution in [-0.2, 0) is 4.79 Å². The Labute approximate surface area is 98.0 Å². The van der Waals surface area contributed by atoms with Crippen molar-refractivity contribution in [2.45, 2.75) is 57.8 Å². The zero-order valence-electron chi connectivity index (χ0n) is 10.1. The van der Waals surface area contributed by atoms with Crippen molar-refractivity contribution in [3.63, 3.8) is 0 Å². The third kappa shape index (κ3) is 1.01. The van der Waals surface area contributed by atoms with E-state index < -0.39 is 0 Å². The molecule has 1 heteroatoms. The molecule has 0 aromatic heterocycles. The van der Waals surface area contributed by atoms with Crippen LogP contribution in [0.5, 0.6) is 0 Å². The molecular formula is C15H22O. The molecule has 0 amide bonds. The molecule has 1 nitrogen and oxygen atoms in total. The van der Waals surface area contributed by atoms with Crippen LogP contribution in [0, 0.1) is 29.1 Å². The first-order valence-electron chi connectivity index (χ1n) is 7.34. The summed E-state index contributed by atoms with van der Waals surface area (Å²) in [6.45, 7) is 0. The average Bonchev–Trinajstić information content (AvgIpc) is 2.86. The van der Waals surface area contributed by atoms with Crippen molar-refractivity contribution in [1.29, 1.82) is 0 Å². The minimum absolute atomic E-state index is 0.519. The van der Waals surface area contributed by atoms with Gasteiger partial charge in [-0.25, -0.2) is 0 Å². The number of hydrogen-bond acceptors (Lipinski definition) is 1. The maximum absolute atomic E-state index is 12.3. The zero-order chi connectivity index (χ0) is 10.8. The summed E-state index contributed by atoms with van der Waals surface area (Å²) in [5.74, 6) is 3.73. The van der Waals surface area contributed by atoms with E-state index in [1.54, 1.807) is 0 Å². The van der Waals surface area contributed by atoms with Gasteiger partial charge in [0.2, 0.25) is 0 Å². The van der Waals surface area contributed by atoms with Crippen molar-refractivity contribution in [3.8, 4) is 0 Å². The lowest BCUT2D eigenvalue weighted by Crippen LogP contribution is -2.28. The summed E-state index contributed by atoms with van der Waals surface area (Å²) in [6.07, 6.45) is 12.2. The van der Waals surface area contributed by atoms with Crippen molar-refractivity contribution in [1.82, 2.24) is 0 Å². The predicted molar refractivity (Wildman–Crippen MR) is 63.0 cm³/mol. The van der Waals surface area contributed by atoms with Gasteiger partial charge < -0.3 is 0 Å². The van der Waals surface area contributed by atoms with Crippen LogP contribution in [0.4, 0.5) is 0 Å². The molecule has 0 bridgehead atoms. The van der Waals surface area contributed by atoms with Gasteiger partial charge in [-0.05, 0) is 48.9 Å². The van der Waals surface area contributed by atoms with Crippen LogP contribution >= 0.6 is 0 Å². The minimum atomic E-state index is 0.519. The van der Waals surface area contributed by atoms with Gasteiger partial charge in [-0.1, -0.05) is 25.7 Å². The zero-order valence-corrected chi connectivity index (χ0v) is 10.1. The van der Waals surface area contributed by atoms with E-state index in [2.05, 4.69) is 0 Å². The van der Waals surface area contributed by atoms with Crippen LogP contribution in [0.25, 0.3) is 0 Å². The maximum atomic E-state index is 12.3. The van der Waals surface area contributed by atoms with Gasteiger partial charge in [0, 0.05) is 12.3 Å². The van der Waals surface area contributed by atoms with Crippen molar-refractivity contribution >= 4 is 5.78 Å². The van der Waals surface area contributed by atoms with Crippen LogP contribution in [0.3, 0.4) is 0 Å². The first-order valence-corrected chi connectivity index (χ1v) is 7.34. The molecule has 4 aliphatic carbocycles. The number of rotatable bonds is 0. The van der Waals surface area contributed by atoms with E-state index in [4.69, 9.17) is 0 Å². The molecular weight excluding hydrogens is 196 g/mol. The molecule has 0 radical (unpaired) electrons. The molecule has 16 heavy (non-hydrogen) atoms. The minimum Gasteiger partial charge on any atom is -0.299 e. The molecule has 0 N–H and O–H groups in total. The molecule has 0 aromatic rings. The smallest absolute Gasteiger partial charge is 0.137 e. The third-order valence-electron chi connectivity index (χ3n) is 6.46. The molecule has 4 saturated carbocycles. The maximum Gasteiger partial charge on any atom is 0.137 e. The molecule has 0 heterocycles. The van der Waals surface area contributed by atoms with E-state index in [9.17, 15) is 4.79 Å². The number of carbonyl (C=O) groups excluding carboxylic acids is 1. The van der Waals surface area contributed by atoms with E-state index in [1.165, 1.54) is 51.4 Å². The molecule has 1 spiro atoms. The normalized spacial score (nSPS) is 54.9. The fourth-order valence-corrected chi connectivity index (χ4v) is 6.05. The molecule has 0 unspecified atom stereocenters. The van der Waals surface area contributed by atoms with Crippen molar-refractivity contribution < 1.29 is 4.79 Å². The molecule has 0 saturated heterocycles. The monoisotopic (exact) mass is 218 g/mol. The van der Waals surface area contributed by atoms with Crippen LogP contribution in [0.1, 0.15) is 57.8 Å². The lowest BCUT2D eigenvalue weighted by Gasteiger charge is -2.30. The van der Waals surface area contributed by atoms with E-state index in [1.807, 2.05) is 0 Å². The lowest BCUT2D eigenvalue weighted by molar-refractivity contribution is -0.123. The fourth-order valence-electron chi connectivity index (χ4n) is 6.05. The summed E-state index contributed by atoms with van der Waals surface area (Å²) in [5.41, 5.74) is 0.525. The van der Waals surface area contributed by atoms with Crippen molar-refractivity contribution in [2.75, 3.05) is 0 Å². The van der Waals surface area contributed by atoms with Crippen LogP contribution in [-0.4, -0.2) is 5.78 Å². The second-order valence-electron chi connectivity index (χ2n) is 6.88. The lowest BCUT2D eigenvalue weighted by atomic mass is 9.73. The van der Waals surface area contributed by atoms with Gasteiger partial charge in [-0.15, -0.1) is 0 Å². The highest BCUT2D eigenvalue weighted by Crippen LogP contribution is 2.68. The second-order valence-corrected chi connectivity index (χ2v) is 6.88. The number of Topliss-reactive ketones (excluding diaryl/α,β-unsaturated/α-hetero) is 1. The van der Waals surface area contributed by atoms with E-state index >= 15 is 0 Å². The van der Waals surface area contributed by atoms with Gasteiger partial charge in [-0.2, -0.15) is 0 Å². The molecule has 5 atom stereocenters. The molecule has 4 rings (SSSR count). The summed E-state index contributed by atoms with van der Waals surface area (Å²) in [7, 11) is 0.